The summed E-state index contributed by atoms with van der Waals surface area (Å²) < 4.78 is 21.7. The van der Waals surface area contributed by atoms with Crippen LogP contribution in [0.25, 0.3) is 0 Å². The third-order valence-corrected chi connectivity index (χ3v) is 4.39. The Hall–Kier alpha value is -0.130. The molecule has 1 aliphatic rings. The molecular weight excluding hydrogens is 202 g/mol. The monoisotopic (exact) mass is 221 g/mol. The Bertz CT molecular complexity index is 272. The molecule has 2 N–H and O–H groups in total. The smallest absolute Gasteiger partial charge is 0.153 e. The second-order valence-electron chi connectivity index (χ2n) is 4.79. The van der Waals surface area contributed by atoms with Crippen molar-refractivity contribution in [1.82, 2.24) is 5.32 Å². The van der Waals surface area contributed by atoms with E-state index in [0.717, 1.165) is 13.0 Å². The van der Waals surface area contributed by atoms with Crippen molar-refractivity contribution < 1.29 is 13.5 Å². The second kappa shape index (κ2) is 4.16. The first-order valence-corrected chi connectivity index (χ1v) is 6.71. The molecule has 84 valence electrons. The van der Waals surface area contributed by atoms with Gasteiger partial charge in [0.2, 0.25) is 0 Å². The van der Waals surface area contributed by atoms with Crippen molar-refractivity contribution in [2.75, 3.05) is 24.7 Å². The maximum absolute atomic E-state index is 10.9. The van der Waals surface area contributed by atoms with Crippen molar-refractivity contribution in [3.63, 3.8) is 0 Å². The largest absolute Gasteiger partial charge is 0.396 e. The number of rotatable bonds is 5. The molecule has 0 aromatic heterocycles. The summed E-state index contributed by atoms with van der Waals surface area (Å²) in [6, 6.07) is 0.123. The Morgan fingerprint density at radius 2 is 2.00 bits per heavy atom. The number of aliphatic hydroxyl groups is 1. The molecule has 0 aromatic carbocycles. The highest BCUT2D eigenvalue weighted by atomic mass is 32.2. The highest BCUT2D eigenvalue weighted by Gasteiger charge is 2.33. The lowest BCUT2D eigenvalue weighted by atomic mass is 9.89. The number of hydrogen-bond acceptors (Lipinski definition) is 4. The number of nitrogens with one attached hydrogen (secondary N) is 1. The van der Waals surface area contributed by atoms with Gasteiger partial charge in [0.25, 0.3) is 0 Å². The fraction of sp³-hybridized carbons (Fsp3) is 1.00. The van der Waals surface area contributed by atoms with Crippen LogP contribution in [0.4, 0.5) is 0 Å². The normalized spacial score (nSPS) is 21.9. The van der Waals surface area contributed by atoms with Crippen LogP contribution in [0.1, 0.15) is 20.3 Å². The summed E-state index contributed by atoms with van der Waals surface area (Å²) in [7, 11) is -2.72. The molecule has 1 fully saturated rings. The van der Waals surface area contributed by atoms with E-state index in [1.165, 1.54) is 0 Å². The van der Waals surface area contributed by atoms with E-state index < -0.39 is 9.84 Å². The fourth-order valence-electron chi connectivity index (χ4n) is 1.49. The maximum atomic E-state index is 10.9. The van der Waals surface area contributed by atoms with Gasteiger partial charge in [-0.2, -0.15) is 0 Å². The van der Waals surface area contributed by atoms with Gasteiger partial charge in [-0.3, -0.25) is 0 Å². The first-order chi connectivity index (χ1) is 6.35. The number of aliphatic hydroxyl groups excluding tert-OH is 1. The highest BCUT2D eigenvalue weighted by Crippen LogP contribution is 2.19. The summed E-state index contributed by atoms with van der Waals surface area (Å²) in [5.41, 5.74) is 0.0358. The highest BCUT2D eigenvalue weighted by molar-refractivity contribution is 7.92. The summed E-state index contributed by atoms with van der Waals surface area (Å²) >= 11 is 0. The van der Waals surface area contributed by atoms with Gasteiger partial charge in [-0.25, -0.2) is 8.42 Å². The van der Waals surface area contributed by atoms with Gasteiger partial charge >= 0.3 is 0 Å². The van der Waals surface area contributed by atoms with Crippen LogP contribution in [0, 0.1) is 5.41 Å². The molecule has 5 heteroatoms. The van der Waals surface area contributed by atoms with Crippen LogP contribution in [-0.4, -0.2) is 44.2 Å². The third-order valence-electron chi connectivity index (χ3n) is 2.57. The summed E-state index contributed by atoms with van der Waals surface area (Å²) in [6.45, 7) is 5.05. The zero-order valence-corrected chi connectivity index (χ0v) is 9.60. The number of hydrogen-bond donors (Lipinski definition) is 2. The third kappa shape index (κ3) is 3.55. The van der Waals surface area contributed by atoms with E-state index in [4.69, 9.17) is 5.11 Å². The second-order valence-corrected chi connectivity index (χ2v) is 6.95. The van der Waals surface area contributed by atoms with E-state index in [0.29, 0.717) is 0 Å². The van der Waals surface area contributed by atoms with E-state index in [1.54, 1.807) is 0 Å². The number of sulfone groups is 1. The minimum absolute atomic E-state index is 0.0358. The van der Waals surface area contributed by atoms with Gasteiger partial charge in [0.15, 0.2) is 9.84 Å². The molecule has 0 aliphatic carbocycles. The first-order valence-electron chi connectivity index (χ1n) is 4.89. The van der Waals surface area contributed by atoms with Crippen LogP contribution in [-0.2, 0) is 9.84 Å². The van der Waals surface area contributed by atoms with Crippen LogP contribution in [0.2, 0.25) is 0 Å². The van der Waals surface area contributed by atoms with E-state index in [2.05, 4.69) is 19.2 Å². The molecule has 14 heavy (non-hydrogen) atoms. The van der Waals surface area contributed by atoms with Crippen LogP contribution in [0.15, 0.2) is 0 Å². The lowest BCUT2D eigenvalue weighted by Gasteiger charge is -2.31. The molecule has 0 amide bonds. The minimum atomic E-state index is -2.72. The molecule has 0 atom stereocenters. The van der Waals surface area contributed by atoms with Gasteiger partial charge in [-0.15, -0.1) is 0 Å². The van der Waals surface area contributed by atoms with Crippen molar-refractivity contribution in [2.45, 2.75) is 26.3 Å². The molecule has 0 saturated carbocycles. The minimum Gasteiger partial charge on any atom is -0.396 e. The Labute approximate surface area is 85.6 Å². The summed E-state index contributed by atoms with van der Waals surface area (Å²) in [6.07, 6.45) is 0.736. The zero-order valence-electron chi connectivity index (χ0n) is 8.78. The fourth-order valence-corrected chi connectivity index (χ4v) is 2.86. The van der Waals surface area contributed by atoms with Gasteiger partial charge in [0, 0.05) is 19.2 Å². The van der Waals surface area contributed by atoms with E-state index >= 15 is 0 Å². The molecular formula is C9H19NO3S. The summed E-state index contributed by atoms with van der Waals surface area (Å²) in [5, 5.41) is 12.0. The van der Waals surface area contributed by atoms with Gasteiger partial charge in [-0.1, -0.05) is 13.8 Å². The van der Waals surface area contributed by atoms with E-state index in [-0.39, 0.29) is 29.6 Å². The van der Waals surface area contributed by atoms with E-state index in [9.17, 15) is 8.42 Å². The van der Waals surface area contributed by atoms with E-state index in [1.807, 2.05) is 0 Å². The molecule has 0 aromatic rings. The Morgan fingerprint density at radius 1 is 1.43 bits per heavy atom. The van der Waals surface area contributed by atoms with Crippen LogP contribution >= 0.6 is 0 Å². The maximum Gasteiger partial charge on any atom is 0.153 e. The Kier molecular flexibility index (Phi) is 3.55. The Morgan fingerprint density at radius 3 is 2.43 bits per heavy atom. The van der Waals surface area contributed by atoms with Crippen molar-refractivity contribution in [2.24, 2.45) is 5.41 Å². The molecule has 1 heterocycles. The molecule has 0 bridgehead atoms. The lowest BCUT2D eigenvalue weighted by molar-refractivity contribution is 0.204. The first kappa shape index (κ1) is 11.9. The predicted molar refractivity (Wildman–Crippen MR) is 55.9 cm³/mol. The van der Waals surface area contributed by atoms with Gasteiger partial charge in [0.1, 0.15) is 0 Å². The quantitative estimate of drug-likeness (QED) is 0.673. The predicted octanol–water partition coefficient (Wildman–Crippen LogP) is -0.218. The van der Waals surface area contributed by atoms with Gasteiger partial charge in [-0.05, 0) is 11.8 Å². The van der Waals surface area contributed by atoms with Crippen molar-refractivity contribution in [3.05, 3.63) is 0 Å². The standard InChI is InChI=1S/C9H19NO3S/c1-9(2,3-4-11)7-10-8-5-14(12,13)6-8/h8,10-11H,3-7H2,1-2H3. The molecule has 0 radical (unpaired) electrons. The molecule has 1 rings (SSSR count). The topological polar surface area (TPSA) is 66.4 Å². The van der Waals surface area contributed by atoms with Crippen LogP contribution in [0.5, 0.6) is 0 Å². The summed E-state index contributed by atoms with van der Waals surface area (Å²) in [4.78, 5) is 0. The molecule has 4 nitrogen and oxygen atoms in total. The van der Waals surface area contributed by atoms with Gasteiger partial charge in [0.05, 0.1) is 11.5 Å². The zero-order chi connectivity index (χ0) is 10.8. The van der Waals surface area contributed by atoms with Crippen molar-refractivity contribution in [3.8, 4) is 0 Å². The van der Waals surface area contributed by atoms with Crippen LogP contribution in [0.3, 0.4) is 0 Å². The molecule has 1 saturated heterocycles. The molecule has 0 unspecified atom stereocenters. The molecule has 0 spiro atoms. The molecule has 1 aliphatic heterocycles. The van der Waals surface area contributed by atoms with Crippen LogP contribution < -0.4 is 5.32 Å². The lowest BCUT2D eigenvalue weighted by Crippen LogP contribution is -2.53. The van der Waals surface area contributed by atoms with Gasteiger partial charge < -0.3 is 10.4 Å². The van der Waals surface area contributed by atoms with Crippen molar-refractivity contribution in [1.29, 1.82) is 0 Å². The SMILES string of the molecule is CC(C)(CCO)CNC1CS(=O)(=O)C1. The average Bonchev–Trinajstić information content (AvgIpc) is 1.96. The summed E-state index contributed by atoms with van der Waals surface area (Å²) in [5.74, 6) is 0.532. The average molecular weight is 221 g/mol. The van der Waals surface area contributed by atoms with Crippen molar-refractivity contribution >= 4 is 9.84 Å². The Balaban J connectivity index is 2.22.